The van der Waals surface area contributed by atoms with E-state index in [-0.39, 0.29) is 11.6 Å². The average Bonchev–Trinajstić information content (AvgIpc) is 3.40. The van der Waals surface area contributed by atoms with Gasteiger partial charge in [0, 0.05) is 36.5 Å². The number of aromatic nitrogens is 7. The Labute approximate surface area is 201 Å². The first kappa shape index (κ1) is 21.4. The predicted molar refractivity (Wildman–Crippen MR) is 132 cm³/mol. The molecule has 1 atom stereocenters. The third-order valence-electron chi connectivity index (χ3n) is 6.45. The Kier molecular flexibility index (Phi) is 5.26. The van der Waals surface area contributed by atoms with E-state index in [1.165, 1.54) is 12.8 Å². The molecule has 5 aromatic rings. The highest BCUT2D eigenvalue weighted by Gasteiger charge is 2.25. The van der Waals surface area contributed by atoms with Crippen molar-refractivity contribution in [1.29, 1.82) is 0 Å². The van der Waals surface area contributed by atoms with Crippen LogP contribution in [0.5, 0.6) is 0 Å². The highest BCUT2D eigenvalue weighted by atomic mass is 16.5. The van der Waals surface area contributed by atoms with E-state index < -0.39 is 0 Å². The zero-order chi connectivity index (χ0) is 23.9. The zero-order valence-corrected chi connectivity index (χ0v) is 19.6. The van der Waals surface area contributed by atoms with E-state index in [4.69, 9.17) is 9.72 Å². The van der Waals surface area contributed by atoms with Gasteiger partial charge in [-0.1, -0.05) is 12.1 Å². The number of nitrogens with zero attached hydrogens (tertiary/aromatic N) is 7. The molecule has 4 aromatic heterocycles. The molecule has 0 aliphatic heterocycles. The molecule has 9 heteroatoms. The standard InChI is InChI=1S/C26H25N7O2/c1-17(14-35-2)33-16-28-30-25(33)22-4-3-5-24(29-22)32-11-10-18-8-9-20(12-21(18)26(32)34)31-13-23(27-15-31)19-6-7-19/h3-5,8-13,15-17,19H,6-7,14H2,1-2H3. The number of methoxy groups -OCH3 is 1. The van der Waals surface area contributed by atoms with Crippen LogP contribution in [0.15, 0.2) is 72.3 Å². The molecule has 1 fully saturated rings. The Morgan fingerprint density at radius 3 is 2.86 bits per heavy atom. The van der Waals surface area contributed by atoms with Gasteiger partial charge in [0.05, 0.1) is 24.7 Å². The smallest absolute Gasteiger partial charge is 0.264 e. The summed E-state index contributed by atoms with van der Waals surface area (Å²) in [5, 5.41) is 9.82. The number of fused-ring (bicyclic) bond motifs is 1. The molecular formula is C26H25N7O2. The predicted octanol–water partition coefficient (Wildman–Crippen LogP) is 3.91. The largest absolute Gasteiger partial charge is 0.383 e. The number of hydrogen-bond acceptors (Lipinski definition) is 6. The first-order chi connectivity index (χ1) is 17.1. The molecule has 0 bridgehead atoms. The van der Waals surface area contributed by atoms with E-state index in [9.17, 15) is 4.79 Å². The van der Waals surface area contributed by atoms with Crippen molar-refractivity contribution in [2.45, 2.75) is 31.7 Å². The molecule has 1 aliphatic carbocycles. The molecule has 1 aromatic carbocycles. The van der Waals surface area contributed by atoms with Crippen molar-refractivity contribution >= 4 is 10.8 Å². The molecule has 0 amide bonds. The van der Waals surface area contributed by atoms with Gasteiger partial charge in [-0.05, 0) is 55.5 Å². The maximum Gasteiger partial charge on any atom is 0.264 e. The van der Waals surface area contributed by atoms with Gasteiger partial charge in [-0.2, -0.15) is 0 Å². The van der Waals surface area contributed by atoms with Crippen LogP contribution in [-0.2, 0) is 4.74 Å². The number of benzene rings is 1. The molecule has 0 radical (unpaired) electrons. The minimum absolute atomic E-state index is 0.0425. The van der Waals surface area contributed by atoms with E-state index in [2.05, 4.69) is 21.4 Å². The molecule has 1 aliphatic rings. The summed E-state index contributed by atoms with van der Waals surface area (Å²) < 4.78 is 10.8. The third kappa shape index (κ3) is 3.93. The Morgan fingerprint density at radius 1 is 1.14 bits per heavy atom. The van der Waals surface area contributed by atoms with Crippen LogP contribution in [0.4, 0.5) is 0 Å². The van der Waals surface area contributed by atoms with Crippen molar-refractivity contribution in [3.05, 3.63) is 83.6 Å². The summed E-state index contributed by atoms with van der Waals surface area (Å²) in [4.78, 5) is 22.8. The summed E-state index contributed by atoms with van der Waals surface area (Å²) in [6, 6.07) is 13.4. The fourth-order valence-corrected chi connectivity index (χ4v) is 4.39. The van der Waals surface area contributed by atoms with Gasteiger partial charge in [0.25, 0.3) is 5.56 Å². The summed E-state index contributed by atoms with van der Waals surface area (Å²) in [7, 11) is 1.66. The van der Waals surface area contributed by atoms with Crippen molar-refractivity contribution in [3.63, 3.8) is 0 Å². The van der Waals surface area contributed by atoms with Crippen molar-refractivity contribution in [2.75, 3.05) is 13.7 Å². The maximum atomic E-state index is 13.5. The highest BCUT2D eigenvalue weighted by molar-refractivity contribution is 5.83. The zero-order valence-electron chi connectivity index (χ0n) is 19.6. The highest BCUT2D eigenvalue weighted by Crippen LogP contribution is 2.39. The third-order valence-corrected chi connectivity index (χ3v) is 6.45. The number of hydrogen-bond donors (Lipinski definition) is 0. The quantitative estimate of drug-likeness (QED) is 0.360. The van der Waals surface area contributed by atoms with E-state index in [1.807, 2.05) is 64.8 Å². The van der Waals surface area contributed by atoms with Gasteiger partial charge in [0.15, 0.2) is 5.82 Å². The summed E-state index contributed by atoms with van der Waals surface area (Å²) in [6.07, 6.45) is 9.72. The van der Waals surface area contributed by atoms with Crippen LogP contribution in [0, 0.1) is 0 Å². The second-order valence-electron chi connectivity index (χ2n) is 8.99. The number of rotatable bonds is 7. The van der Waals surface area contributed by atoms with Gasteiger partial charge in [0.2, 0.25) is 0 Å². The summed E-state index contributed by atoms with van der Waals surface area (Å²) in [6.45, 7) is 2.55. The minimum Gasteiger partial charge on any atom is -0.383 e. The minimum atomic E-state index is -0.134. The topological polar surface area (TPSA) is 92.6 Å². The molecule has 1 saturated carbocycles. The molecule has 0 saturated heterocycles. The molecule has 9 nitrogen and oxygen atoms in total. The van der Waals surface area contributed by atoms with Gasteiger partial charge in [-0.15, -0.1) is 10.2 Å². The normalized spacial score (nSPS) is 14.5. The summed E-state index contributed by atoms with van der Waals surface area (Å²) in [5.41, 5.74) is 2.53. The van der Waals surface area contributed by atoms with Gasteiger partial charge in [-0.3, -0.25) is 9.36 Å². The van der Waals surface area contributed by atoms with Crippen LogP contribution >= 0.6 is 0 Å². The number of ether oxygens (including phenoxy) is 1. The number of imidazole rings is 1. The molecular weight excluding hydrogens is 442 g/mol. The SMILES string of the molecule is COCC(C)n1cnnc1-c1cccc(-n2ccc3ccc(-n4cnc(C5CC5)c4)cc3c2=O)n1. The van der Waals surface area contributed by atoms with Gasteiger partial charge in [-0.25, -0.2) is 9.97 Å². The van der Waals surface area contributed by atoms with Crippen LogP contribution < -0.4 is 5.56 Å². The van der Waals surface area contributed by atoms with Crippen LogP contribution in [0.1, 0.15) is 37.4 Å². The Morgan fingerprint density at radius 2 is 2.03 bits per heavy atom. The fourth-order valence-electron chi connectivity index (χ4n) is 4.39. The van der Waals surface area contributed by atoms with E-state index in [1.54, 1.807) is 24.2 Å². The lowest BCUT2D eigenvalue weighted by molar-refractivity contribution is 0.162. The van der Waals surface area contributed by atoms with Crippen LogP contribution in [0.3, 0.4) is 0 Å². The van der Waals surface area contributed by atoms with Crippen molar-refractivity contribution in [3.8, 4) is 23.0 Å². The molecule has 1 unspecified atom stereocenters. The van der Waals surface area contributed by atoms with Crippen molar-refractivity contribution in [1.82, 2.24) is 33.9 Å². The second-order valence-corrected chi connectivity index (χ2v) is 8.99. The maximum absolute atomic E-state index is 13.5. The monoisotopic (exact) mass is 467 g/mol. The fraction of sp³-hybridized carbons (Fsp3) is 0.269. The lowest BCUT2D eigenvalue weighted by Gasteiger charge is -2.14. The van der Waals surface area contributed by atoms with E-state index in [0.29, 0.717) is 35.2 Å². The summed E-state index contributed by atoms with van der Waals surface area (Å²) >= 11 is 0. The Hall–Kier alpha value is -4.11. The first-order valence-corrected chi connectivity index (χ1v) is 11.7. The summed E-state index contributed by atoms with van der Waals surface area (Å²) in [5.74, 6) is 1.72. The molecule has 0 N–H and O–H groups in total. The Balaban J connectivity index is 1.39. The van der Waals surface area contributed by atoms with Gasteiger partial charge < -0.3 is 13.9 Å². The number of pyridine rings is 2. The average molecular weight is 468 g/mol. The molecule has 176 valence electrons. The van der Waals surface area contributed by atoms with E-state index in [0.717, 1.165) is 16.8 Å². The molecule has 0 spiro atoms. The second kappa shape index (κ2) is 8.59. The molecule has 4 heterocycles. The van der Waals surface area contributed by atoms with Crippen LogP contribution in [-0.4, -0.2) is 47.6 Å². The lowest BCUT2D eigenvalue weighted by atomic mass is 10.1. The van der Waals surface area contributed by atoms with E-state index >= 15 is 0 Å². The van der Waals surface area contributed by atoms with Crippen LogP contribution in [0.2, 0.25) is 0 Å². The van der Waals surface area contributed by atoms with Gasteiger partial charge in [0.1, 0.15) is 17.8 Å². The lowest BCUT2D eigenvalue weighted by Crippen LogP contribution is -2.19. The Bertz CT molecular complexity index is 1580. The molecule has 35 heavy (non-hydrogen) atoms. The van der Waals surface area contributed by atoms with Crippen molar-refractivity contribution in [2.24, 2.45) is 0 Å². The molecule has 6 rings (SSSR count). The van der Waals surface area contributed by atoms with Gasteiger partial charge >= 0.3 is 0 Å². The first-order valence-electron chi connectivity index (χ1n) is 11.7. The van der Waals surface area contributed by atoms with Crippen LogP contribution in [0.25, 0.3) is 33.8 Å². The van der Waals surface area contributed by atoms with Crippen molar-refractivity contribution < 1.29 is 4.74 Å².